The molecule has 4 nitrogen and oxygen atoms in total. The van der Waals surface area contributed by atoms with Crippen LogP contribution in [0.5, 0.6) is 0 Å². The van der Waals surface area contributed by atoms with Gasteiger partial charge in [-0.1, -0.05) is 0 Å². The van der Waals surface area contributed by atoms with Gasteiger partial charge in [-0.15, -0.1) is 0 Å². The van der Waals surface area contributed by atoms with Gasteiger partial charge in [0.1, 0.15) is 0 Å². The van der Waals surface area contributed by atoms with Crippen molar-refractivity contribution < 1.29 is 19.1 Å². The van der Waals surface area contributed by atoms with Gasteiger partial charge >= 0.3 is 5.97 Å². The normalized spacial score (nSPS) is 9.93. The summed E-state index contributed by atoms with van der Waals surface area (Å²) < 4.78 is 13.4. The molecule has 1 aromatic carbocycles. The van der Waals surface area contributed by atoms with Crippen LogP contribution in [0.3, 0.4) is 0 Å². The monoisotopic (exact) mass is 198 g/mol. The van der Waals surface area contributed by atoms with Gasteiger partial charge in [-0.2, -0.15) is 4.39 Å². The topological polar surface area (TPSA) is 57.4 Å². The fraction of sp³-hybridized carbons (Fsp3) is 0.222. The number of halogens is 1. The summed E-state index contributed by atoms with van der Waals surface area (Å²) in [6.45, 7) is 1.47. The van der Waals surface area contributed by atoms with E-state index in [2.05, 4.69) is 0 Å². The second-order valence-electron chi connectivity index (χ2n) is 2.92. The maximum atomic E-state index is 13.1. The first kappa shape index (κ1) is 10.3. The van der Waals surface area contributed by atoms with Crippen molar-refractivity contribution in [1.29, 1.82) is 0 Å². The summed E-state index contributed by atoms with van der Waals surface area (Å²) in [6, 6.07) is 2.06. The minimum atomic E-state index is -1.18. The standard InChI is InChI=1S/C9H8FNO3/c1-5-3-7(10)8(11(2)14)4-6(5)9(12)13/h3-4H,1-2H3/p+1. The van der Waals surface area contributed by atoms with Crippen molar-refractivity contribution in [2.45, 2.75) is 6.92 Å². The highest BCUT2D eigenvalue weighted by Crippen LogP contribution is 2.21. The molecule has 0 radical (unpaired) electrons. The van der Waals surface area contributed by atoms with Crippen LogP contribution in [0.25, 0.3) is 0 Å². The van der Waals surface area contributed by atoms with E-state index in [-0.39, 0.29) is 11.3 Å². The third-order valence-corrected chi connectivity index (χ3v) is 1.86. The highest BCUT2D eigenvalue weighted by atomic mass is 19.1. The quantitative estimate of drug-likeness (QED) is 0.738. The lowest BCUT2D eigenvalue weighted by molar-refractivity contribution is -0.430. The molecular formula is C9H9FNO3+. The molecule has 14 heavy (non-hydrogen) atoms. The van der Waals surface area contributed by atoms with Crippen LogP contribution in [0.15, 0.2) is 12.1 Å². The number of carboxylic acid groups (broad SMARTS) is 1. The molecular weight excluding hydrogens is 189 g/mol. The van der Waals surface area contributed by atoms with E-state index in [4.69, 9.17) is 5.11 Å². The van der Waals surface area contributed by atoms with E-state index in [1.807, 2.05) is 0 Å². The second kappa shape index (κ2) is 3.53. The first-order valence-electron chi connectivity index (χ1n) is 3.87. The minimum absolute atomic E-state index is 0.0656. The summed E-state index contributed by atoms with van der Waals surface area (Å²) in [7, 11) is 1.11. The van der Waals surface area contributed by atoms with E-state index in [0.29, 0.717) is 10.3 Å². The van der Waals surface area contributed by atoms with E-state index in [0.717, 1.165) is 19.2 Å². The zero-order valence-electron chi connectivity index (χ0n) is 7.74. The zero-order valence-corrected chi connectivity index (χ0v) is 7.74. The van der Waals surface area contributed by atoms with E-state index >= 15 is 0 Å². The summed E-state index contributed by atoms with van der Waals surface area (Å²) in [4.78, 5) is 21.5. The van der Waals surface area contributed by atoms with Crippen LogP contribution in [-0.2, 0) is 0 Å². The van der Waals surface area contributed by atoms with Gasteiger partial charge in [-0.3, -0.25) is 0 Å². The Morgan fingerprint density at radius 3 is 2.50 bits per heavy atom. The molecule has 0 aliphatic carbocycles. The van der Waals surface area contributed by atoms with Crippen molar-refractivity contribution in [3.8, 4) is 0 Å². The highest BCUT2D eigenvalue weighted by Gasteiger charge is 2.20. The average molecular weight is 198 g/mol. The Morgan fingerprint density at radius 2 is 2.07 bits per heavy atom. The number of carboxylic acids is 1. The number of carbonyl (C=O) groups is 1. The molecule has 0 bridgehead atoms. The molecule has 0 aliphatic heterocycles. The molecule has 0 heterocycles. The van der Waals surface area contributed by atoms with Gasteiger partial charge in [-0.25, -0.2) is 4.79 Å². The largest absolute Gasteiger partial charge is 0.478 e. The molecule has 0 fully saturated rings. The SMILES string of the molecule is Cc1cc(F)c([N+](C)=O)cc1C(=O)O. The fourth-order valence-electron chi connectivity index (χ4n) is 1.13. The maximum absolute atomic E-state index is 13.1. The summed E-state index contributed by atoms with van der Waals surface area (Å²) in [6.07, 6.45) is 0. The molecule has 1 N–H and O–H groups in total. The first-order valence-corrected chi connectivity index (χ1v) is 3.87. The number of nitrogens with zero attached hydrogens (tertiary/aromatic N) is 1. The molecule has 0 saturated carbocycles. The number of hydrogen-bond donors (Lipinski definition) is 1. The third-order valence-electron chi connectivity index (χ3n) is 1.86. The van der Waals surface area contributed by atoms with Crippen molar-refractivity contribution in [3.05, 3.63) is 34.0 Å². The van der Waals surface area contributed by atoms with Gasteiger partial charge in [0.15, 0.2) is 12.9 Å². The van der Waals surface area contributed by atoms with Crippen LogP contribution >= 0.6 is 0 Å². The molecule has 0 saturated heterocycles. The van der Waals surface area contributed by atoms with E-state index in [1.165, 1.54) is 6.92 Å². The van der Waals surface area contributed by atoms with E-state index in [9.17, 15) is 14.1 Å². The molecule has 0 aromatic heterocycles. The van der Waals surface area contributed by atoms with E-state index < -0.39 is 11.8 Å². The number of aryl methyl sites for hydroxylation is 1. The predicted octanol–water partition coefficient (Wildman–Crippen LogP) is 1.87. The highest BCUT2D eigenvalue weighted by molar-refractivity contribution is 5.90. The Balaban J connectivity index is 3.42. The Morgan fingerprint density at radius 1 is 1.50 bits per heavy atom. The Hall–Kier alpha value is -1.78. The molecule has 0 unspecified atom stereocenters. The third kappa shape index (κ3) is 1.76. The van der Waals surface area contributed by atoms with Crippen LogP contribution in [0.4, 0.5) is 10.1 Å². The molecule has 0 aliphatic rings. The zero-order chi connectivity index (χ0) is 10.9. The number of benzene rings is 1. The van der Waals surface area contributed by atoms with Gasteiger partial charge in [0, 0.05) is 15.7 Å². The fourth-order valence-corrected chi connectivity index (χ4v) is 1.13. The predicted molar refractivity (Wildman–Crippen MR) is 47.3 cm³/mol. The molecule has 1 aromatic rings. The molecule has 5 heteroatoms. The summed E-state index contributed by atoms with van der Waals surface area (Å²) in [5.41, 5.74) is -0.0438. The van der Waals surface area contributed by atoms with Gasteiger partial charge in [0.05, 0.1) is 5.56 Å². The molecule has 0 amide bonds. The van der Waals surface area contributed by atoms with Crippen molar-refractivity contribution in [1.82, 2.24) is 0 Å². The summed E-state index contributed by atoms with van der Waals surface area (Å²) >= 11 is 0. The van der Waals surface area contributed by atoms with Gasteiger partial charge in [0.2, 0.25) is 0 Å². The number of nitroso groups, excluding NO2 is 1. The van der Waals surface area contributed by atoms with Gasteiger partial charge < -0.3 is 5.11 Å². The van der Waals surface area contributed by atoms with Crippen LogP contribution in [0.2, 0.25) is 0 Å². The minimum Gasteiger partial charge on any atom is -0.478 e. The van der Waals surface area contributed by atoms with Crippen LogP contribution in [0, 0.1) is 17.6 Å². The Labute approximate surface area is 79.6 Å². The Bertz CT molecular complexity index is 380. The van der Waals surface area contributed by atoms with Crippen LogP contribution in [0.1, 0.15) is 15.9 Å². The number of aromatic carboxylic acids is 1. The van der Waals surface area contributed by atoms with Crippen molar-refractivity contribution in [2.24, 2.45) is 0 Å². The Kier molecular flexibility index (Phi) is 2.60. The number of rotatable bonds is 2. The lowest BCUT2D eigenvalue weighted by atomic mass is 10.1. The second-order valence-corrected chi connectivity index (χ2v) is 2.92. The number of hydrogen-bond acceptors (Lipinski definition) is 2. The lowest BCUT2D eigenvalue weighted by Gasteiger charge is -2.00. The van der Waals surface area contributed by atoms with Crippen molar-refractivity contribution >= 4 is 11.7 Å². The molecule has 0 spiro atoms. The maximum Gasteiger partial charge on any atom is 0.336 e. The van der Waals surface area contributed by atoms with Crippen LogP contribution < -0.4 is 0 Å². The smallest absolute Gasteiger partial charge is 0.336 e. The summed E-state index contributed by atoms with van der Waals surface area (Å²) in [5.74, 6) is -1.89. The average Bonchev–Trinajstić information content (AvgIpc) is 2.02. The van der Waals surface area contributed by atoms with E-state index in [1.54, 1.807) is 0 Å². The van der Waals surface area contributed by atoms with Gasteiger partial charge in [0.25, 0.3) is 5.69 Å². The van der Waals surface area contributed by atoms with Crippen molar-refractivity contribution in [2.75, 3.05) is 7.05 Å². The van der Waals surface area contributed by atoms with Crippen molar-refractivity contribution in [3.63, 3.8) is 0 Å². The lowest BCUT2D eigenvalue weighted by Crippen LogP contribution is -2.03. The van der Waals surface area contributed by atoms with Crippen LogP contribution in [-0.4, -0.2) is 22.9 Å². The summed E-state index contributed by atoms with van der Waals surface area (Å²) in [5, 5.41) is 8.72. The molecule has 1 rings (SSSR count). The first-order chi connectivity index (χ1) is 6.43. The molecule has 74 valence electrons. The van der Waals surface area contributed by atoms with Gasteiger partial charge in [-0.05, 0) is 18.6 Å². The molecule has 0 atom stereocenters.